The lowest BCUT2D eigenvalue weighted by atomic mass is 10.1. The number of aliphatic hydroxyl groups excluding tert-OH is 1. The van der Waals surface area contributed by atoms with Crippen molar-refractivity contribution < 1.29 is 42.0 Å². The minimum atomic E-state index is -3.24. The van der Waals surface area contributed by atoms with Gasteiger partial charge in [0.2, 0.25) is 11.8 Å². The fourth-order valence-electron chi connectivity index (χ4n) is 5.23. The minimum absolute atomic E-state index is 0.0361. The van der Waals surface area contributed by atoms with Crippen molar-refractivity contribution >= 4 is 46.7 Å². The number of aliphatic hydroxyl groups is 1. The average Bonchev–Trinajstić information content (AvgIpc) is 3.66. The van der Waals surface area contributed by atoms with Gasteiger partial charge in [0.25, 0.3) is 5.56 Å². The first-order valence-corrected chi connectivity index (χ1v) is 16.7. The molecule has 0 spiro atoms. The third kappa shape index (κ3) is 8.44. The smallest absolute Gasteiger partial charge is 0.327 e. The van der Waals surface area contributed by atoms with Crippen LogP contribution < -0.4 is 15.6 Å². The van der Waals surface area contributed by atoms with Crippen LogP contribution in [0.5, 0.6) is 5.88 Å². The molecule has 17 nitrogen and oxygen atoms in total. The molecule has 0 aromatic carbocycles. The van der Waals surface area contributed by atoms with Crippen LogP contribution in [-0.2, 0) is 32.2 Å². The van der Waals surface area contributed by atoms with Crippen LogP contribution in [0.15, 0.2) is 29.7 Å². The molecule has 3 N–H and O–H groups in total. The maximum absolute atomic E-state index is 13.2. The van der Waals surface area contributed by atoms with Crippen molar-refractivity contribution in [1.29, 1.82) is 0 Å². The van der Waals surface area contributed by atoms with E-state index in [0.29, 0.717) is 18.7 Å². The van der Waals surface area contributed by atoms with Gasteiger partial charge in [0.05, 0.1) is 31.6 Å². The zero-order valence-electron chi connectivity index (χ0n) is 24.6. The number of rotatable bonds is 14. The Bertz CT molecular complexity index is 1530. The predicted molar refractivity (Wildman–Crippen MR) is 163 cm³/mol. The van der Waals surface area contributed by atoms with Crippen LogP contribution in [0.3, 0.4) is 0 Å². The van der Waals surface area contributed by atoms with E-state index in [0.717, 1.165) is 0 Å². The monoisotopic (exact) mass is 687 g/mol. The SMILES string of the molecule is CC(C)(C)Nc1nc2c(ncn2[C@@H]2O[C@H](COCS)[C@@H](O)[C@H]2O[PH](=O)OC[C@H]2C[C@@H](Oc3ccncn3)C[C@@H]2OP=O)c(=O)[nH]1. The van der Waals surface area contributed by atoms with Crippen LogP contribution in [0.1, 0.15) is 39.8 Å². The molecule has 1 saturated carbocycles. The molecule has 2 aliphatic rings. The summed E-state index contributed by atoms with van der Waals surface area (Å²) in [5.41, 5.74) is -0.703. The molecule has 45 heavy (non-hydrogen) atoms. The lowest BCUT2D eigenvalue weighted by Crippen LogP contribution is -2.35. The highest BCUT2D eigenvalue weighted by Crippen LogP contribution is 2.41. The highest BCUT2D eigenvalue weighted by atomic mass is 32.1. The number of aromatic nitrogens is 6. The predicted octanol–water partition coefficient (Wildman–Crippen LogP) is 2.52. The summed E-state index contributed by atoms with van der Waals surface area (Å²) in [5, 5.41) is 14.3. The van der Waals surface area contributed by atoms with Crippen molar-refractivity contribution in [3.63, 3.8) is 0 Å². The molecule has 1 saturated heterocycles. The minimum Gasteiger partial charge on any atom is -0.474 e. The Morgan fingerprint density at radius 3 is 2.82 bits per heavy atom. The summed E-state index contributed by atoms with van der Waals surface area (Å²) in [5.74, 6) is 0.340. The molecule has 3 aromatic heterocycles. The van der Waals surface area contributed by atoms with Gasteiger partial charge in [0, 0.05) is 30.1 Å². The van der Waals surface area contributed by atoms with E-state index in [-0.39, 0.29) is 48.3 Å². The van der Waals surface area contributed by atoms with E-state index >= 15 is 0 Å². The number of hydrogen-bond acceptors (Lipinski definition) is 16. The molecule has 5 rings (SSSR count). The van der Waals surface area contributed by atoms with Crippen LogP contribution in [0.4, 0.5) is 5.95 Å². The molecule has 246 valence electrons. The fourth-order valence-corrected chi connectivity index (χ4v) is 6.61. The van der Waals surface area contributed by atoms with Gasteiger partial charge in [0.15, 0.2) is 17.4 Å². The van der Waals surface area contributed by atoms with Gasteiger partial charge < -0.3 is 29.2 Å². The van der Waals surface area contributed by atoms with E-state index in [2.05, 4.69) is 42.9 Å². The number of ether oxygens (including phenoxy) is 3. The standard InChI is InChI=1S/C25H35N7O10P2S/c1-25(2,3)31-24-29-21-18(22(34)30-24)28-11-32(21)23-20(19(33)16(40-23)9-37-12-45)42-44(36)38-8-13-6-14(7-15(13)41-43-35)39-17-4-5-26-10-27-17/h4-5,10-11,13-16,19-20,23,33,44-45H,6-9,12H2,1-3H3,(H2,29,30,31,34)/t13-,14-,15+,16-,19-,20-,23-/m1/s1. The summed E-state index contributed by atoms with van der Waals surface area (Å²) in [4.78, 5) is 32.1. The zero-order valence-corrected chi connectivity index (χ0v) is 27.4. The number of nitrogens with zero attached hydrogens (tertiary/aromatic N) is 5. The number of H-pyrrole nitrogens is 1. The molecule has 0 amide bonds. The van der Waals surface area contributed by atoms with Crippen molar-refractivity contribution in [2.75, 3.05) is 24.5 Å². The van der Waals surface area contributed by atoms with Gasteiger partial charge in [0.1, 0.15) is 30.7 Å². The van der Waals surface area contributed by atoms with Crippen molar-refractivity contribution in [2.45, 2.75) is 75.9 Å². The zero-order chi connectivity index (χ0) is 32.1. The summed E-state index contributed by atoms with van der Waals surface area (Å²) >= 11 is 4.04. The second kappa shape index (κ2) is 14.9. The Morgan fingerprint density at radius 1 is 1.29 bits per heavy atom. The van der Waals surface area contributed by atoms with Gasteiger partial charge in [-0.2, -0.15) is 17.6 Å². The third-order valence-corrected chi connectivity index (χ3v) is 8.55. The van der Waals surface area contributed by atoms with E-state index in [1.165, 1.54) is 17.2 Å². The molecule has 1 aliphatic carbocycles. The van der Waals surface area contributed by atoms with E-state index in [1.807, 2.05) is 20.8 Å². The van der Waals surface area contributed by atoms with Crippen molar-refractivity contribution in [2.24, 2.45) is 5.92 Å². The van der Waals surface area contributed by atoms with Gasteiger partial charge in [-0.05, 0) is 27.2 Å². The second-order valence-corrected chi connectivity index (χ2v) is 13.2. The van der Waals surface area contributed by atoms with Gasteiger partial charge >= 0.3 is 16.9 Å². The number of nitrogens with one attached hydrogen (secondary N) is 2. The highest BCUT2D eigenvalue weighted by Gasteiger charge is 2.47. The molecule has 0 bridgehead atoms. The number of aromatic amines is 1. The van der Waals surface area contributed by atoms with Gasteiger partial charge in [-0.1, -0.05) is 0 Å². The number of hydrogen-bond donors (Lipinski definition) is 4. The molecular weight excluding hydrogens is 652 g/mol. The second-order valence-electron chi connectivity index (χ2n) is 11.5. The van der Waals surface area contributed by atoms with Crippen LogP contribution in [0.2, 0.25) is 0 Å². The Hall–Kier alpha value is -2.53. The van der Waals surface area contributed by atoms with E-state index in [1.54, 1.807) is 12.3 Å². The third-order valence-electron chi connectivity index (χ3n) is 7.14. The molecule has 2 fully saturated rings. The van der Waals surface area contributed by atoms with Gasteiger partial charge in [-0.3, -0.25) is 28.0 Å². The van der Waals surface area contributed by atoms with Gasteiger partial charge in [-0.25, -0.2) is 19.5 Å². The molecule has 4 heterocycles. The lowest BCUT2D eigenvalue weighted by Gasteiger charge is -2.23. The van der Waals surface area contributed by atoms with Crippen LogP contribution in [0.25, 0.3) is 11.2 Å². The van der Waals surface area contributed by atoms with Crippen LogP contribution in [-0.4, -0.2) is 89.8 Å². The molecule has 20 heteroatoms. The number of thiol groups is 1. The normalized spacial score (nSPS) is 27.7. The Morgan fingerprint density at radius 2 is 2.11 bits per heavy atom. The maximum atomic E-state index is 13.2. The summed E-state index contributed by atoms with van der Waals surface area (Å²) in [6.07, 6.45) is -0.204. The first-order valence-electron chi connectivity index (χ1n) is 14.1. The van der Waals surface area contributed by atoms with Gasteiger partial charge in [-0.15, -0.1) is 0 Å². The number of anilines is 1. The van der Waals surface area contributed by atoms with E-state index in [4.69, 9.17) is 27.8 Å². The fraction of sp³-hybridized carbons (Fsp3) is 0.640. The van der Waals surface area contributed by atoms with Crippen molar-refractivity contribution in [3.8, 4) is 5.88 Å². The van der Waals surface area contributed by atoms with E-state index < -0.39 is 58.7 Å². The summed E-state index contributed by atoms with van der Waals surface area (Å²) in [7, 11) is -3.75. The van der Waals surface area contributed by atoms with Crippen molar-refractivity contribution in [1.82, 2.24) is 29.5 Å². The average molecular weight is 688 g/mol. The Labute approximate surface area is 265 Å². The topological polar surface area (TPSA) is 211 Å². The summed E-state index contributed by atoms with van der Waals surface area (Å²) in [6, 6.07) is 1.62. The quantitative estimate of drug-likeness (QED) is 0.109. The molecular formula is C25H35N7O10P2S. The largest absolute Gasteiger partial charge is 0.474 e. The number of imidazole rings is 1. The van der Waals surface area contributed by atoms with Crippen molar-refractivity contribution in [3.05, 3.63) is 35.3 Å². The molecule has 3 aromatic rings. The molecule has 1 aliphatic heterocycles. The molecule has 1 unspecified atom stereocenters. The Balaban J connectivity index is 1.31. The highest BCUT2D eigenvalue weighted by molar-refractivity contribution is 7.80. The molecule has 8 atom stereocenters. The first-order chi connectivity index (χ1) is 21.6. The lowest BCUT2D eigenvalue weighted by molar-refractivity contribution is -0.0584. The maximum Gasteiger partial charge on any atom is 0.327 e. The van der Waals surface area contributed by atoms with Crippen LogP contribution in [0, 0.1) is 5.92 Å². The molecule has 0 radical (unpaired) electrons. The number of fused-ring (bicyclic) bond motifs is 1. The first kappa shape index (κ1) is 33.8. The van der Waals surface area contributed by atoms with E-state index in [9.17, 15) is 19.0 Å². The Kier molecular flexibility index (Phi) is 11.2. The summed E-state index contributed by atoms with van der Waals surface area (Å²) in [6.45, 7) is 5.62. The summed E-state index contributed by atoms with van der Waals surface area (Å²) < 4.78 is 59.9. The van der Waals surface area contributed by atoms with Crippen LogP contribution >= 0.6 is 29.6 Å².